The molecule has 1 saturated carbocycles. The van der Waals surface area contributed by atoms with E-state index in [1.807, 2.05) is 4.90 Å². The number of amides is 1. The van der Waals surface area contributed by atoms with Crippen molar-refractivity contribution in [2.45, 2.75) is 36.6 Å². The summed E-state index contributed by atoms with van der Waals surface area (Å²) in [5, 5.41) is 2.68. The molecular weight excluding hydrogens is 480 g/mol. The van der Waals surface area contributed by atoms with Crippen LogP contribution in [0.4, 0.5) is 5.95 Å². The van der Waals surface area contributed by atoms with E-state index in [1.165, 1.54) is 28.7 Å². The second-order valence-electron chi connectivity index (χ2n) is 8.04. The van der Waals surface area contributed by atoms with Crippen molar-refractivity contribution in [2.24, 2.45) is 4.99 Å². The Labute approximate surface area is 203 Å². The van der Waals surface area contributed by atoms with Crippen LogP contribution in [0, 0.1) is 6.57 Å². The van der Waals surface area contributed by atoms with Gasteiger partial charge in [-0.25, -0.2) is 18.4 Å². The molecule has 0 unspecified atom stereocenters. The van der Waals surface area contributed by atoms with Crippen LogP contribution in [-0.4, -0.2) is 71.7 Å². The van der Waals surface area contributed by atoms with E-state index in [1.54, 1.807) is 6.20 Å². The van der Waals surface area contributed by atoms with Gasteiger partial charge in [0, 0.05) is 38.6 Å². The van der Waals surface area contributed by atoms with Gasteiger partial charge in [-0.3, -0.25) is 10.1 Å². The molecule has 0 bridgehead atoms. The third-order valence-electron chi connectivity index (χ3n) is 5.87. The second-order valence-corrected chi connectivity index (χ2v) is 10.4. The Morgan fingerprint density at radius 3 is 2.62 bits per heavy atom. The number of H-pyrrole nitrogens is 1. The lowest BCUT2D eigenvalue weighted by Gasteiger charge is -2.34. The Kier molecular flexibility index (Phi) is 7.35. The van der Waals surface area contributed by atoms with Gasteiger partial charge in [0.25, 0.3) is 11.9 Å². The monoisotopic (exact) mass is 504 g/mol. The van der Waals surface area contributed by atoms with Crippen molar-refractivity contribution in [1.82, 2.24) is 24.6 Å². The zero-order valence-corrected chi connectivity index (χ0v) is 19.9. The van der Waals surface area contributed by atoms with Crippen molar-refractivity contribution < 1.29 is 13.2 Å². The Morgan fingerprint density at radius 2 is 1.97 bits per heavy atom. The molecule has 0 atom stereocenters. The third kappa shape index (κ3) is 5.32. The molecule has 0 radical (unpaired) electrons. The summed E-state index contributed by atoms with van der Waals surface area (Å²) in [6.07, 6.45) is 7.31. The Hall–Kier alpha value is -3.14. The van der Waals surface area contributed by atoms with Crippen LogP contribution in [-0.2, 0) is 10.0 Å². The van der Waals surface area contributed by atoms with Crippen molar-refractivity contribution in [1.29, 1.82) is 0 Å². The highest BCUT2D eigenvalue weighted by atomic mass is 35.5. The Balaban J connectivity index is 1.47. The molecule has 11 nitrogen and oxygen atoms in total. The first-order valence-corrected chi connectivity index (χ1v) is 12.8. The molecule has 2 fully saturated rings. The van der Waals surface area contributed by atoms with Crippen LogP contribution in [0.1, 0.15) is 36.0 Å². The first-order valence-electron chi connectivity index (χ1n) is 10.9. The molecular formula is C21H25ClN8O3S. The summed E-state index contributed by atoms with van der Waals surface area (Å²) in [5.74, 6) is 0.163. The van der Waals surface area contributed by atoms with E-state index < -0.39 is 15.9 Å². The number of halogens is 1. The van der Waals surface area contributed by atoms with E-state index >= 15 is 0 Å². The van der Waals surface area contributed by atoms with Gasteiger partial charge in [0.15, 0.2) is 0 Å². The number of benzene rings is 1. The molecule has 2 aromatic rings. The summed E-state index contributed by atoms with van der Waals surface area (Å²) in [7, 11) is -3.86. The highest BCUT2D eigenvalue weighted by molar-refractivity contribution is 7.89. The minimum atomic E-state index is -3.86. The zero-order valence-electron chi connectivity index (χ0n) is 18.4. The lowest BCUT2D eigenvalue weighted by atomic mass is 10.2. The summed E-state index contributed by atoms with van der Waals surface area (Å²) in [4.78, 5) is 29.1. The number of carbonyl (C=O) groups is 1. The molecule has 180 valence electrons. The molecule has 2 aliphatic rings. The molecule has 13 heteroatoms. The summed E-state index contributed by atoms with van der Waals surface area (Å²) in [5.41, 5.74) is 2.67. The topological polar surface area (TPSA) is 127 Å². The fourth-order valence-electron chi connectivity index (χ4n) is 4.07. The van der Waals surface area contributed by atoms with Gasteiger partial charge in [-0.05, 0) is 31.0 Å². The van der Waals surface area contributed by atoms with Gasteiger partial charge in [0.2, 0.25) is 16.0 Å². The number of hydrogen-bond donors (Lipinski definition) is 3. The van der Waals surface area contributed by atoms with Gasteiger partial charge in [-0.15, -0.1) is 0 Å². The SMILES string of the molecule is [C-]#[N+]NC(=NC1CCCC1)N1CCN(S(=O)(=O)c2ccc(Cl)c(C(=O)Nc3ncc[nH]3)c2)CC1. The maximum Gasteiger partial charge on any atom is 0.265 e. The van der Waals surface area contributed by atoms with Crippen molar-refractivity contribution >= 4 is 39.4 Å². The minimum Gasteiger partial charge on any atom is -0.335 e. The van der Waals surface area contributed by atoms with Crippen LogP contribution in [0.5, 0.6) is 0 Å². The van der Waals surface area contributed by atoms with E-state index in [0.717, 1.165) is 25.7 Å². The van der Waals surface area contributed by atoms with E-state index in [9.17, 15) is 13.2 Å². The summed E-state index contributed by atoms with van der Waals surface area (Å²) in [6.45, 7) is 8.40. The number of piperazine rings is 1. The molecule has 1 aromatic carbocycles. The second kappa shape index (κ2) is 10.4. The molecule has 3 N–H and O–H groups in total. The number of imidazole rings is 1. The summed E-state index contributed by atoms with van der Waals surface area (Å²) < 4.78 is 27.9. The maximum atomic E-state index is 13.3. The number of hydrogen-bond acceptors (Lipinski definition) is 5. The van der Waals surface area contributed by atoms with Gasteiger partial charge < -0.3 is 9.88 Å². The Morgan fingerprint density at radius 1 is 1.24 bits per heavy atom. The number of sulfonamides is 1. The highest BCUT2D eigenvalue weighted by Crippen LogP contribution is 2.25. The largest absolute Gasteiger partial charge is 0.335 e. The molecule has 34 heavy (non-hydrogen) atoms. The van der Waals surface area contributed by atoms with Crippen LogP contribution in [0.15, 0.2) is 40.5 Å². The summed E-state index contributed by atoms with van der Waals surface area (Å²) in [6, 6.07) is 4.26. The predicted octanol–water partition coefficient (Wildman–Crippen LogP) is 2.34. The van der Waals surface area contributed by atoms with E-state index in [-0.39, 0.29) is 40.6 Å². The smallest absolute Gasteiger partial charge is 0.265 e. The highest BCUT2D eigenvalue weighted by Gasteiger charge is 2.31. The van der Waals surface area contributed by atoms with Crippen LogP contribution in [0.3, 0.4) is 0 Å². The first-order chi connectivity index (χ1) is 16.4. The number of rotatable bonds is 5. The van der Waals surface area contributed by atoms with E-state index in [2.05, 4.69) is 30.7 Å². The fourth-order valence-corrected chi connectivity index (χ4v) is 5.73. The lowest BCUT2D eigenvalue weighted by Crippen LogP contribution is -2.53. The van der Waals surface area contributed by atoms with Crippen LogP contribution in [0.2, 0.25) is 5.02 Å². The zero-order chi connectivity index (χ0) is 24.1. The minimum absolute atomic E-state index is 0.0194. The average Bonchev–Trinajstić information content (AvgIpc) is 3.53. The van der Waals surface area contributed by atoms with Crippen LogP contribution < -0.4 is 10.7 Å². The molecule has 1 aromatic heterocycles. The number of aromatic nitrogens is 2. The number of aromatic amines is 1. The number of nitrogens with zero attached hydrogens (tertiary/aromatic N) is 5. The van der Waals surface area contributed by atoms with Crippen molar-refractivity contribution in [2.75, 3.05) is 31.5 Å². The first kappa shape index (κ1) is 24.0. The van der Waals surface area contributed by atoms with Gasteiger partial charge in [0.1, 0.15) is 0 Å². The lowest BCUT2D eigenvalue weighted by molar-refractivity contribution is 0.102. The molecule has 4 rings (SSSR count). The van der Waals surface area contributed by atoms with E-state index in [0.29, 0.717) is 19.0 Å². The van der Waals surface area contributed by atoms with Gasteiger partial charge in [0.05, 0.1) is 21.5 Å². The molecule has 1 amide bonds. The molecule has 1 aliphatic heterocycles. The molecule has 2 heterocycles. The molecule has 0 spiro atoms. The van der Waals surface area contributed by atoms with Crippen molar-refractivity contribution in [3.63, 3.8) is 0 Å². The van der Waals surface area contributed by atoms with Gasteiger partial charge in [-0.1, -0.05) is 29.9 Å². The number of anilines is 1. The van der Waals surface area contributed by atoms with Crippen molar-refractivity contribution in [3.8, 4) is 0 Å². The predicted molar refractivity (Wildman–Crippen MR) is 128 cm³/mol. The number of nitrogens with one attached hydrogen (secondary N) is 3. The van der Waals surface area contributed by atoms with E-state index in [4.69, 9.17) is 18.2 Å². The number of guanidine groups is 1. The van der Waals surface area contributed by atoms with Crippen LogP contribution >= 0.6 is 11.6 Å². The Bertz CT molecular complexity index is 1200. The quantitative estimate of drug-likeness (QED) is 0.248. The van der Waals surface area contributed by atoms with Crippen LogP contribution in [0.25, 0.3) is 4.95 Å². The number of aliphatic imine (C=N–C) groups is 1. The summed E-state index contributed by atoms with van der Waals surface area (Å²) >= 11 is 6.17. The van der Waals surface area contributed by atoms with Gasteiger partial charge >= 0.3 is 0 Å². The normalized spacial score (nSPS) is 18.0. The average molecular weight is 505 g/mol. The fraction of sp³-hybridized carbons (Fsp3) is 0.429. The third-order valence-corrected chi connectivity index (χ3v) is 8.10. The standard InChI is InChI=1S/C21H25ClN8O3S/c1-23-28-21(26-15-4-2-3-5-15)29-10-12-30(13-11-29)34(32,33)16-6-7-18(22)17(14-16)19(31)27-20-24-8-9-25-20/h6-9,14-15H,2-5,10-13H2,(H,26,28)(H2,24,25,27,31). The molecule has 1 aliphatic carbocycles. The van der Waals surface area contributed by atoms with Gasteiger partial charge in [-0.2, -0.15) is 15.8 Å². The number of carbonyl (C=O) groups excluding carboxylic acids is 1. The maximum absolute atomic E-state index is 13.3. The molecule has 1 saturated heterocycles. The van der Waals surface area contributed by atoms with Crippen molar-refractivity contribution in [3.05, 3.63) is 52.7 Å².